The van der Waals surface area contributed by atoms with Gasteiger partial charge in [0.15, 0.2) is 9.84 Å². The van der Waals surface area contributed by atoms with Crippen molar-refractivity contribution in [3.63, 3.8) is 0 Å². The van der Waals surface area contributed by atoms with Crippen molar-refractivity contribution in [3.8, 4) is 0 Å². The highest BCUT2D eigenvalue weighted by Gasteiger charge is 2.21. The van der Waals surface area contributed by atoms with Crippen LogP contribution < -0.4 is 11.5 Å². The summed E-state index contributed by atoms with van der Waals surface area (Å²) >= 11 is 0. The van der Waals surface area contributed by atoms with Crippen LogP contribution in [0.3, 0.4) is 0 Å². The molecule has 20 heavy (non-hydrogen) atoms. The fourth-order valence-corrected chi connectivity index (χ4v) is 3.28. The van der Waals surface area contributed by atoms with Crippen LogP contribution in [0.5, 0.6) is 0 Å². The Bertz CT molecular complexity index is 532. The molecule has 112 valence electrons. The zero-order valence-corrected chi connectivity index (χ0v) is 12.6. The Morgan fingerprint density at radius 2 is 1.70 bits per heavy atom. The number of hydrogen-bond acceptors (Lipinski definition) is 5. The van der Waals surface area contributed by atoms with Gasteiger partial charge < -0.3 is 11.5 Å². The molecule has 0 aliphatic carbocycles. The second-order valence-electron chi connectivity index (χ2n) is 5.68. The molecule has 0 spiro atoms. The lowest BCUT2D eigenvalue weighted by molar-refractivity contribution is 0.192. The van der Waals surface area contributed by atoms with Gasteiger partial charge >= 0.3 is 0 Å². The summed E-state index contributed by atoms with van der Waals surface area (Å²) in [7, 11) is -3.11. The van der Waals surface area contributed by atoms with Gasteiger partial charge in [0.2, 0.25) is 0 Å². The minimum absolute atomic E-state index is 0.159. The van der Waals surface area contributed by atoms with Crippen LogP contribution in [0.15, 0.2) is 29.2 Å². The van der Waals surface area contributed by atoms with E-state index in [4.69, 9.17) is 11.5 Å². The molecular formula is C14H23N3O2S. The molecule has 2 rings (SSSR count). The van der Waals surface area contributed by atoms with E-state index in [0.717, 1.165) is 38.0 Å². The van der Waals surface area contributed by atoms with E-state index in [2.05, 4.69) is 4.90 Å². The Balaban J connectivity index is 1.91. The van der Waals surface area contributed by atoms with Crippen molar-refractivity contribution in [2.75, 3.05) is 25.9 Å². The lowest BCUT2D eigenvalue weighted by atomic mass is 10.0. The number of rotatable bonds is 4. The molecule has 1 aromatic rings. The molecule has 6 heteroatoms. The maximum atomic E-state index is 11.4. The number of sulfone groups is 1. The Kier molecular flexibility index (Phi) is 4.80. The topological polar surface area (TPSA) is 89.4 Å². The third-order valence-corrected chi connectivity index (χ3v) is 4.79. The predicted octanol–water partition coefficient (Wildman–Crippen LogP) is -0.00710. The first-order chi connectivity index (χ1) is 9.34. The molecule has 4 N–H and O–H groups in total. The minimum atomic E-state index is -3.11. The van der Waals surface area contributed by atoms with Crippen LogP contribution in [0.25, 0.3) is 0 Å². The summed E-state index contributed by atoms with van der Waals surface area (Å²) in [4.78, 5) is 2.65. The van der Waals surface area contributed by atoms with Crippen LogP contribution in [0.2, 0.25) is 0 Å². The first-order valence-corrected chi connectivity index (χ1v) is 8.76. The largest absolute Gasteiger partial charge is 0.326 e. The lowest BCUT2D eigenvalue weighted by Gasteiger charge is -2.34. The lowest BCUT2D eigenvalue weighted by Crippen LogP contribution is -2.52. The molecule has 1 aliphatic rings. The monoisotopic (exact) mass is 297 g/mol. The Hall–Kier alpha value is -0.950. The van der Waals surface area contributed by atoms with Gasteiger partial charge in [-0.2, -0.15) is 0 Å². The van der Waals surface area contributed by atoms with Crippen LogP contribution in [0.4, 0.5) is 0 Å². The van der Waals surface area contributed by atoms with Crippen molar-refractivity contribution < 1.29 is 8.42 Å². The Morgan fingerprint density at radius 1 is 1.15 bits per heavy atom. The summed E-state index contributed by atoms with van der Waals surface area (Å²) in [6.45, 7) is 2.67. The molecule has 2 atom stereocenters. The summed E-state index contributed by atoms with van der Waals surface area (Å²) in [5.74, 6) is 0. The first kappa shape index (κ1) is 15.4. The van der Waals surface area contributed by atoms with Crippen LogP contribution in [0, 0.1) is 0 Å². The molecule has 0 saturated carbocycles. The molecule has 0 aromatic heterocycles. The fraction of sp³-hybridized carbons (Fsp3) is 0.571. The quantitative estimate of drug-likeness (QED) is 0.816. The fourth-order valence-electron chi connectivity index (χ4n) is 2.65. The van der Waals surface area contributed by atoms with Gasteiger partial charge in [-0.3, -0.25) is 4.90 Å². The standard InChI is InChI=1S/C14H23N3O2S/c1-20(18,19)14-4-2-11(3-5-14)6-7-17-9-12(15)8-13(16)10-17/h2-5,12-13H,6-10,15-16H2,1H3/t12-,13+. The summed E-state index contributed by atoms with van der Waals surface area (Å²) < 4.78 is 22.8. The second-order valence-corrected chi connectivity index (χ2v) is 7.70. The normalized spacial score (nSPS) is 24.8. The van der Waals surface area contributed by atoms with Gasteiger partial charge in [0.05, 0.1) is 4.90 Å². The average molecular weight is 297 g/mol. The third-order valence-electron chi connectivity index (χ3n) is 3.66. The Morgan fingerprint density at radius 3 is 2.20 bits per heavy atom. The molecule has 5 nitrogen and oxygen atoms in total. The van der Waals surface area contributed by atoms with Gasteiger partial charge in [-0.15, -0.1) is 0 Å². The molecule has 0 amide bonds. The molecule has 1 heterocycles. The van der Waals surface area contributed by atoms with Crippen molar-refractivity contribution in [2.24, 2.45) is 11.5 Å². The van der Waals surface area contributed by atoms with Crippen molar-refractivity contribution >= 4 is 9.84 Å². The Labute approximate surface area is 120 Å². The van der Waals surface area contributed by atoms with Gasteiger partial charge in [0.25, 0.3) is 0 Å². The molecule has 0 radical (unpaired) electrons. The maximum absolute atomic E-state index is 11.4. The van der Waals surface area contributed by atoms with E-state index >= 15 is 0 Å². The van der Waals surface area contributed by atoms with E-state index in [-0.39, 0.29) is 12.1 Å². The van der Waals surface area contributed by atoms with Crippen LogP contribution in [-0.2, 0) is 16.3 Å². The molecule has 0 unspecified atom stereocenters. The molecule has 1 fully saturated rings. The van der Waals surface area contributed by atoms with E-state index in [9.17, 15) is 8.42 Å². The third kappa shape index (κ3) is 4.28. The molecule has 0 bridgehead atoms. The van der Waals surface area contributed by atoms with Crippen LogP contribution in [0.1, 0.15) is 12.0 Å². The van der Waals surface area contributed by atoms with Crippen molar-refractivity contribution in [1.29, 1.82) is 0 Å². The van der Waals surface area contributed by atoms with E-state index < -0.39 is 9.84 Å². The highest BCUT2D eigenvalue weighted by atomic mass is 32.2. The second kappa shape index (κ2) is 6.22. The highest BCUT2D eigenvalue weighted by Crippen LogP contribution is 2.12. The molecule has 1 aromatic carbocycles. The SMILES string of the molecule is CS(=O)(=O)c1ccc(CCN2C[C@H](N)C[C@H](N)C2)cc1. The van der Waals surface area contributed by atoms with Gasteiger partial charge in [-0.1, -0.05) is 12.1 Å². The van der Waals surface area contributed by atoms with Crippen molar-refractivity contribution in [1.82, 2.24) is 4.90 Å². The average Bonchev–Trinajstić information content (AvgIpc) is 2.35. The number of nitrogens with two attached hydrogens (primary N) is 2. The van der Waals surface area contributed by atoms with Gasteiger partial charge in [0, 0.05) is 38.0 Å². The number of benzene rings is 1. The van der Waals surface area contributed by atoms with E-state index in [1.165, 1.54) is 6.26 Å². The van der Waals surface area contributed by atoms with E-state index in [0.29, 0.717) is 4.90 Å². The first-order valence-electron chi connectivity index (χ1n) is 6.87. The van der Waals surface area contributed by atoms with Crippen molar-refractivity contribution in [2.45, 2.75) is 29.8 Å². The molecular weight excluding hydrogens is 274 g/mol. The summed E-state index contributed by atoms with van der Waals surface area (Å²) in [6, 6.07) is 7.40. The van der Waals surface area contributed by atoms with Gasteiger partial charge in [-0.25, -0.2) is 8.42 Å². The number of nitrogens with zero attached hydrogens (tertiary/aromatic N) is 1. The number of hydrogen-bond donors (Lipinski definition) is 2. The zero-order valence-electron chi connectivity index (χ0n) is 11.8. The highest BCUT2D eigenvalue weighted by molar-refractivity contribution is 7.90. The molecule has 1 saturated heterocycles. The van der Waals surface area contributed by atoms with Crippen LogP contribution in [-0.4, -0.2) is 51.3 Å². The summed E-state index contributed by atoms with van der Waals surface area (Å²) in [6.07, 6.45) is 2.99. The van der Waals surface area contributed by atoms with Gasteiger partial charge in [0.1, 0.15) is 0 Å². The predicted molar refractivity (Wildman–Crippen MR) is 80.3 cm³/mol. The van der Waals surface area contributed by atoms with Crippen molar-refractivity contribution in [3.05, 3.63) is 29.8 Å². The summed E-state index contributed by atoms with van der Waals surface area (Å²) in [5, 5.41) is 0. The zero-order chi connectivity index (χ0) is 14.8. The smallest absolute Gasteiger partial charge is 0.175 e. The maximum Gasteiger partial charge on any atom is 0.175 e. The van der Waals surface area contributed by atoms with E-state index in [1.54, 1.807) is 12.1 Å². The number of piperidine rings is 1. The minimum Gasteiger partial charge on any atom is -0.326 e. The van der Waals surface area contributed by atoms with E-state index in [1.807, 2.05) is 12.1 Å². The molecule has 1 aliphatic heterocycles. The number of likely N-dealkylation sites (tertiary alicyclic amines) is 1. The van der Waals surface area contributed by atoms with Gasteiger partial charge in [-0.05, 0) is 30.5 Å². The summed E-state index contributed by atoms with van der Waals surface area (Å²) in [5.41, 5.74) is 13.1. The van der Waals surface area contributed by atoms with Crippen LogP contribution >= 0.6 is 0 Å².